The normalized spacial score (nSPS) is 25.8. The van der Waals surface area contributed by atoms with Crippen molar-refractivity contribution in [3.8, 4) is 0 Å². The Balaban J connectivity index is 1.88. The Morgan fingerprint density at radius 1 is 0.797 bits per heavy atom. The zero-order valence-electron chi connectivity index (χ0n) is 37.2. The van der Waals surface area contributed by atoms with Crippen LogP contribution in [-0.4, -0.2) is 135 Å². The summed E-state index contributed by atoms with van der Waals surface area (Å²) in [6.45, 7) is 9.11. The summed E-state index contributed by atoms with van der Waals surface area (Å²) in [7, 11) is 1.39. The molecule has 7 N–H and O–H groups in total. The van der Waals surface area contributed by atoms with E-state index in [1.54, 1.807) is 88.4 Å². The van der Waals surface area contributed by atoms with E-state index in [-0.39, 0.29) is 38.0 Å². The summed E-state index contributed by atoms with van der Waals surface area (Å²) in [6, 6.07) is 7.36. The Bertz CT molecular complexity index is 2000. The van der Waals surface area contributed by atoms with Crippen LogP contribution in [-0.2, 0) is 60.7 Å². The lowest BCUT2D eigenvalue weighted by Crippen LogP contribution is -2.65. The number of hydrogen-bond donors (Lipinski definition) is 7. The molecule has 9 unspecified atom stereocenters. The largest absolute Gasteiger partial charge is 0.481 e. The van der Waals surface area contributed by atoms with Crippen LogP contribution in [0.5, 0.6) is 0 Å². The van der Waals surface area contributed by atoms with Gasteiger partial charge in [0.1, 0.15) is 54.6 Å². The number of likely N-dealkylation sites (N-methyl/N-ethyl adjacent to an activating group) is 1. The molecule has 348 valence electrons. The monoisotopic (exact) mass is 891 g/mol. The Kier molecular flexibility index (Phi) is 17.9. The van der Waals surface area contributed by atoms with Gasteiger partial charge in [0.05, 0.1) is 6.42 Å². The molecule has 0 saturated carbocycles. The molecule has 0 spiro atoms. The average Bonchev–Trinajstić information content (AvgIpc) is 3.22. The highest BCUT2D eigenvalue weighted by molar-refractivity contribution is 5.98. The number of hydrogen-bond acceptors (Lipinski definition) is 11. The number of benzene rings is 2. The number of amides is 7. The van der Waals surface area contributed by atoms with Gasteiger partial charge in [0.15, 0.2) is 0 Å². The van der Waals surface area contributed by atoms with Gasteiger partial charge in [-0.1, -0.05) is 88.4 Å². The minimum atomic E-state index is -1.80. The molecule has 4 rings (SSSR count). The number of esters is 1. The van der Waals surface area contributed by atoms with Gasteiger partial charge in [0.25, 0.3) is 0 Å². The predicted molar refractivity (Wildman–Crippen MR) is 230 cm³/mol. The summed E-state index contributed by atoms with van der Waals surface area (Å²) in [4.78, 5) is 126. The molecule has 2 aliphatic heterocycles. The fourth-order valence-electron chi connectivity index (χ4n) is 7.76. The van der Waals surface area contributed by atoms with Gasteiger partial charge >= 0.3 is 11.9 Å². The van der Waals surface area contributed by atoms with Crippen molar-refractivity contribution < 1.29 is 58.1 Å². The molecule has 64 heavy (non-hydrogen) atoms. The van der Waals surface area contributed by atoms with Crippen LogP contribution in [0.4, 0.5) is 0 Å². The van der Waals surface area contributed by atoms with Gasteiger partial charge < -0.3 is 51.3 Å². The number of nitrogens with zero attached hydrogens (tertiary/aromatic N) is 2. The molecule has 2 aromatic rings. The zero-order valence-corrected chi connectivity index (χ0v) is 37.2. The molecule has 0 radical (unpaired) electrons. The third kappa shape index (κ3) is 13.6. The maximum absolute atomic E-state index is 14.9. The molecule has 9 atom stereocenters. The number of aliphatic hydroxyl groups is 1. The number of rotatable bonds is 12. The van der Waals surface area contributed by atoms with Crippen molar-refractivity contribution in [2.75, 3.05) is 7.05 Å². The second kappa shape index (κ2) is 22.8. The van der Waals surface area contributed by atoms with Crippen LogP contribution in [0.25, 0.3) is 0 Å². The number of cyclic esters (lactones) is 1. The number of aliphatic hydroxyl groups excluding tert-OH is 1. The molecule has 2 saturated heterocycles. The SMILES string of the molecule is CC(=O)NC(CC(=O)O)C(=O)NC1C(=O)NC(CC(C)C)C(=O)NC2CCC(O)N(C2=O)C(Cc2ccccc2)C(=O)N(C)C(Cc2ccccc2)C(=O)NC(C(C)C)C(=O)OC1C. The van der Waals surface area contributed by atoms with Gasteiger partial charge in [-0.2, -0.15) is 0 Å². The summed E-state index contributed by atoms with van der Waals surface area (Å²) < 4.78 is 5.78. The van der Waals surface area contributed by atoms with E-state index in [2.05, 4.69) is 26.6 Å². The molecule has 0 aromatic heterocycles. The molecule has 19 heteroatoms. The lowest BCUT2D eigenvalue weighted by atomic mass is 9.95. The van der Waals surface area contributed by atoms with Crippen LogP contribution in [0.1, 0.15) is 78.4 Å². The van der Waals surface area contributed by atoms with Crippen molar-refractivity contribution in [3.63, 3.8) is 0 Å². The first-order chi connectivity index (χ1) is 30.2. The van der Waals surface area contributed by atoms with Gasteiger partial charge in [-0.3, -0.25) is 38.4 Å². The molecule has 2 heterocycles. The zero-order chi connectivity index (χ0) is 47.4. The first-order valence-electron chi connectivity index (χ1n) is 21.4. The molecule has 0 aliphatic carbocycles. The molecule has 7 amide bonds. The number of carboxylic acid groups (broad SMARTS) is 1. The second-order valence-electron chi connectivity index (χ2n) is 17.1. The van der Waals surface area contributed by atoms with Gasteiger partial charge in [0, 0.05) is 26.8 Å². The number of nitrogens with one attached hydrogen (secondary N) is 5. The molecular formula is C45H61N7O12. The van der Waals surface area contributed by atoms with Crippen molar-refractivity contribution in [1.29, 1.82) is 0 Å². The summed E-state index contributed by atoms with van der Waals surface area (Å²) >= 11 is 0. The van der Waals surface area contributed by atoms with Gasteiger partial charge in [-0.15, -0.1) is 0 Å². The number of aliphatic carboxylic acids is 1. The van der Waals surface area contributed by atoms with E-state index >= 15 is 0 Å². The summed E-state index contributed by atoms with van der Waals surface area (Å²) in [5.74, 6) is -9.37. The van der Waals surface area contributed by atoms with Crippen LogP contribution in [0, 0.1) is 11.8 Å². The number of piperidine rings is 1. The molecular weight excluding hydrogens is 831 g/mol. The third-order valence-electron chi connectivity index (χ3n) is 11.2. The van der Waals surface area contributed by atoms with Crippen molar-refractivity contribution in [1.82, 2.24) is 36.4 Å². The van der Waals surface area contributed by atoms with Crippen molar-refractivity contribution in [2.45, 2.75) is 135 Å². The minimum Gasteiger partial charge on any atom is -0.481 e. The molecule has 19 nitrogen and oxygen atoms in total. The first kappa shape index (κ1) is 50.3. The second-order valence-corrected chi connectivity index (χ2v) is 17.1. The predicted octanol–water partition coefficient (Wildman–Crippen LogP) is 0.174. The maximum atomic E-state index is 14.9. The van der Waals surface area contributed by atoms with Gasteiger partial charge in [0.2, 0.25) is 41.4 Å². The van der Waals surface area contributed by atoms with Crippen molar-refractivity contribution in [3.05, 3.63) is 71.8 Å². The smallest absolute Gasteiger partial charge is 0.329 e. The van der Waals surface area contributed by atoms with Crippen LogP contribution in [0.15, 0.2) is 60.7 Å². The maximum Gasteiger partial charge on any atom is 0.329 e. The Hall–Kier alpha value is -6.37. The van der Waals surface area contributed by atoms with E-state index in [4.69, 9.17) is 4.74 Å². The highest BCUT2D eigenvalue weighted by Gasteiger charge is 2.46. The van der Waals surface area contributed by atoms with Crippen LogP contribution in [0.3, 0.4) is 0 Å². The van der Waals surface area contributed by atoms with Crippen LogP contribution >= 0.6 is 0 Å². The Morgan fingerprint density at radius 2 is 1.38 bits per heavy atom. The van der Waals surface area contributed by atoms with Crippen molar-refractivity contribution >= 4 is 53.3 Å². The van der Waals surface area contributed by atoms with Crippen LogP contribution < -0.4 is 26.6 Å². The van der Waals surface area contributed by atoms with E-state index in [1.165, 1.54) is 18.9 Å². The fourth-order valence-corrected chi connectivity index (χ4v) is 7.76. The summed E-state index contributed by atoms with van der Waals surface area (Å²) in [6.07, 6.45) is -4.10. The standard InChI is InChI=1S/C45H61N7O12/c1-24(2)20-31-39(57)47-30-18-19-35(54)52(43(30)61)34(22-29-16-12-9-13-17-29)44(62)51(7)33(21-28-14-10-8-11-15-28)41(59)49-37(25(3)4)45(63)64-26(5)38(42(60)48-31)50-40(58)32(23-36(55)56)46-27(6)53/h8-17,24-26,30-35,37-38,54H,18-23H2,1-7H3,(H,46,53)(H,47,57)(H,48,60)(H,49,59)(H,50,58)(H,55,56). The summed E-state index contributed by atoms with van der Waals surface area (Å²) in [5, 5.41) is 33.6. The number of fused-ring (bicyclic) bond motifs is 2. The highest BCUT2D eigenvalue weighted by atomic mass is 16.5. The molecule has 2 fully saturated rings. The van der Waals surface area contributed by atoms with Gasteiger partial charge in [-0.05, 0) is 49.1 Å². The average molecular weight is 892 g/mol. The highest BCUT2D eigenvalue weighted by Crippen LogP contribution is 2.25. The molecule has 2 aromatic carbocycles. The molecule has 2 aliphatic rings. The number of carboxylic acids is 1. The van der Waals surface area contributed by atoms with Gasteiger partial charge in [-0.25, -0.2) is 4.79 Å². The van der Waals surface area contributed by atoms with Crippen LogP contribution in [0.2, 0.25) is 0 Å². The van der Waals surface area contributed by atoms with E-state index in [1.807, 2.05) is 0 Å². The molecule has 2 bridgehead atoms. The van der Waals surface area contributed by atoms with E-state index in [0.717, 1.165) is 11.8 Å². The lowest BCUT2D eigenvalue weighted by molar-refractivity contribution is -0.165. The third-order valence-corrected chi connectivity index (χ3v) is 11.2. The quantitative estimate of drug-likeness (QED) is 0.141. The van der Waals surface area contributed by atoms with E-state index < -0.39 is 120 Å². The Labute approximate surface area is 372 Å². The van der Waals surface area contributed by atoms with E-state index in [0.29, 0.717) is 11.1 Å². The number of ether oxygens (including phenoxy) is 1. The minimum absolute atomic E-state index is 0.0113. The summed E-state index contributed by atoms with van der Waals surface area (Å²) in [5.41, 5.74) is 1.28. The fraction of sp³-hybridized carbons (Fsp3) is 0.533. The number of carbonyl (C=O) groups excluding carboxylic acids is 8. The first-order valence-corrected chi connectivity index (χ1v) is 21.4. The van der Waals surface area contributed by atoms with E-state index in [9.17, 15) is 53.4 Å². The number of carbonyl (C=O) groups is 9. The van der Waals surface area contributed by atoms with Crippen molar-refractivity contribution in [2.24, 2.45) is 11.8 Å². The Morgan fingerprint density at radius 3 is 1.91 bits per heavy atom. The topological polar surface area (TPSA) is 270 Å². The lowest BCUT2D eigenvalue weighted by Gasteiger charge is -2.43.